The second-order valence-corrected chi connectivity index (χ2v) is 3.77. The van der Waals surface area contributed by atoms with E-state index in [0.29, 0.717) is 0 Å². The molecule has 50 valence electrons. The molecule has 1 atom stereocenters. The fraction of sp³-hybridized carbons (Fsp3) is 1.00. The predicted molar refractivity (Wildman–Crippen MR) is 38.1 cm³/mol. The molecule has 0 rings (SSSR count). The lowest BCUT2D eigenvalue weighted by atomic mass is 10.6. The molecule has 0 aliphatic rings. The first kappa shape index (κ1) is 8.14. The molecule has 0 aromatic rings. The summed E-state index contributed by atoms with van der Waals surface area (Å²) in [6.45, 7) is 4.90. The third kappa shape index (κ3) is 4.30. The first-order chi connectivity index (χ1) is 3.81. The summed E-state index contributed by atoms with van der Waals surface area (Å²) in [7, 11) is -1.20. The summed E-state index contributed by atoms with van der Waals surface area (Å²) >= 11 is 0. The Balaban J connectivity index is 2.92. The smallest absolute Gasteiger partial charge is 0.249 e. The highest BCUT2D eigenvalue weighted by molar-refractivity contribution is 6.47. The third-order valence-corrected chi connectivity index (χ3v) is 2.86. The maximum Gasteiger partial charge on any atom is 0.249 e. The molecule has 0 aromatic heterocycles. The largest absolute Gasteiger partial charge is 0.406 e. The summed E-state index contributed by atoms with van der Waals surface area (Å²) in [4.78, 5) is 0. The average molecular weight is 133 g/mol. The van der Waals surface area contributed by atoms with Gasteiger partial charge in [0.2, 0.25) is 9.20 Å². The van der Waals surface area contributed by atoms with Gasteiger partial charge >= 0.3 is 0 Å². The summed E-state index contributed by atoms with van der Waals surface area (Å²) in [5, 5.41) is 5.61. The molecule has 3 heteroatoms. The van der Waals surface area contributed by atoms with Crippen LogP contribution in [0.2, 0.25) is 6.04 Å². The standard InChI is InChI=1S/C5H15NOSi/c1-3-5-8(6)7-4-2/h8H,3-6H2,1-2H3. The molecule has 2 N–H and O–H groups in total. The molecule has 0 spiro atoms. The molecule has 0 amide bonds. The minimum atomic E-state index is -1.20. The van der Waals surface area contributed by atoms with Crippen molar-refractivity contribution >= 4 is 9.20 Å². The van der Waals surface area contributed by atoms with Crippen LogP contribution in [0.1, 0.15) is 20.3 Å². The average Bonchev–Trinajstić information content (AvgIpc) is 1.68. The van der Waals surface area contributed by atoms with Gasteiger partial charge in [0.1, 0.15) is 0 Å². The zero-order chi connectivity index (χ0) is 6.41. The predicted octanol–water partition coefficient (Wildman–Crippen LogP) is 0.612. The minimum Gasteiger partial charge on any atom is -0.406 e. The van der Waals surface area contributed by atoms with Gasteiger partial charge in [-0.15, -0.1) is 0 Å². The number of hydrogen-bond acceptors (Lipinski definition) is 2. The Morgan fingerprint density at radius 2 is 2.12 bits per heavy atom. The van der Waals surface area contributed by atoms with Gasteiger partial charge in [-0.1, -0.05) is 13.3 Å². The van der Waals surface area contributed by atoms with Crippen molar-refractivity contribution in [3.63, 3.8) is 0 Å². The molecule has 0 fully saturated rings. The molecular formula is C5H15NOSi. The van der Waals surface area contributed by atoms with E-state index in [1.165, 1.54) is 0 Å². The second kappa shape index (κ2) is 5.28. The highest BCUT2D eigenvalue weighted by atomic mass is 28.3. The van der Waals surface area contributed by atoms with Crippen LogP contribution in [0.4, 0.5) is 0 Å². The van der Waals surface area contributed by atoms with E-state index in [1.54, 1.807) is 0 Å². The van der Waals surface area contributed by atoms with Crippen LogP contribution in [-0.2, 0) is 4.43 Å². The molecule has 0 aromatic carbocycles. The maximum atomic E-state index is 5.61. The summed E-state index contributed by atoms with van der Waals surface area (Å²) in [6.07, 6.45) is 1.16. The van der Waals surface area contributed by atoms with E-state index in [-0.39, 0.29) is 0 Å². The van der Waals surface area contributed by atoms with Gasteiger partial charge < -0.3 is 9.83 Å². The first-order valence-electron chi connectivity index (χ1n) is 3.18. The Morgan fingerprint density at radius 3 is 2.50 bits per heavy atom. The Kier molecular flexibility index (Phi) is 5.37. The van der Waals surface area contributed by atoms with Gasteiger partial charge in [0, 0.05) is 6.61 Å². The molecule has 1 unspecified atom stereocenters. The molecule has 0 bridgehead atoms. The maximum absolute atomic E-state index is 5.61. The molecule has 2 nitrogen and oxygen atoms in total. The van der Waals surface area contributed by atoms with E-state index in [4.69, 9.17) is 9.83 Å². The van der Waals surface area contributed by atoms with E-state index in [9.17, 15) is 0 Å². The van der Waals surface area contributed by atoms with Crippen LogP contribution >= 0.6 is 0 Å². The quantitative estimate of drug-likeness (QED) is 0.570. The molecule has 0 aliphatic heterocycles. The van der Waals surface area contributed by atoms with Crippen LogP contribution in [0, 0.1) is 0 Å². The van der Waals surface area contributed by atoms with Crippen molar-refractivity contribution < 1.29 is 4.43 Å². The summed E-state index contributed by atoms with van der Waals surface area (Å²) < 4.78 is 5.20. The van der Waals surface area contributed by atoms with Crippen LogP contribution in [0.3, 0.4) is 0 Å². The van der Waals surface area contributed by atoms with E-state index in [0.717, 1.165) is 19.1 Å². The van der Waals surface area contributed by atoms with Crippen LogP contribution in [-0.4, -0.2) is 15.8 Å². The molecule has 0 saturated carbocycles. The van der Waals surface area contributed by atoms with Gasteiger partial charge in [0.05, 0.1) is 0 Å². The summed E-state index contributed by atoms with van der Waals surface area (Å²) in [5.74, 6) is 0. The summed E-state index contributed by atoms with van der Waals surface area (Å²) in [5.41, 5.74) is 0. The molecule has 8 heavy (non-hydrogen) atoms. The fourth-order valence-electron chi connectivity index (χ4n) is 0.582. The van der Waals surface area contributed by atoms with Crippen LogP contribution < -0.4 is 5.40 Å². The molecule has 0 radical (unpaired) electrons. The molecule has 0 heterocycles. The van der Waals surface area contributed by atoms with Gasteiger partial charge in [0.15, 0.2) is 0 Å². The first-order valence-corrected chi connectivity index (χ1v) is 5.13. The summed E-state index contributed by atoms with van der Waals surface area (Å²) in [6, 6.07) is 1.10. The number of nitrogens with two attached hydrogens (primary N) is 1. The highest BCUT2D eigenvalue weighted by Gasteiger charge is 1.99. The number of hydrogen-bond donors (Lipinski definition) is 1. The topological polar surface area (TPSA) is 35.2 Å². The molecule has 0 saturated heterocycles. The van der Waals surface area contributed by atoms with Crippen LogP contribution in [0.25, 0.3) is 0 Å². The van der Waals surface area contributed by atoms with Gasteiger partial charge in [-0.2, -0.15) is 0 Å². The lowest BCUT2D eigenvalue weighted by molar-refractivity contribution is 0.342. The van der Waals surface area contributed by atoms with Crippen molar-refractivity contribution in [1.82, 2.24) is 0 Å². The Bertz CT molecular complexity index is 45.7. The van der Waals surface area contributed by atoms with Crippen molar-refractivity contribution in [3.8, 4) is 0 Å². The molecule has 0 aliphatic carbocycles. The van der Waals surface area contributed by atoms with Crippen molar-refractivity contribution in [2.75, 3.05) is 6.61 Å². The van der Waals surface area contributed by atoms with Crippen LogP contribution in [0.15, 0.2) is 0 Å². The van der Waals surface area contributed by atoms with E-state index >= 15 is 0 Å². The van der Waals surface area contributed by atoms with E-state index in [1.807, 2.05) is 6.92 Å². The monoisotopic (exact) mass is 133 g/mol. The minimum absolute atomic E-state index is 0.785. The zero-order valence-electron chi connectivity index (χ0n) is 5.68. The van der Waals surface area contributed by atoms with Crippen molar-refractivity contribution in [2.45, 2.75) is 26.3 Å². The van der Waals surface area contributed by atoms with Gasteiger partial charge in [-0.3, -0.25) is 0 Å². The van der Waals surface area contributed by atoms with E-state index < -0.39 is 9.20 Å². The Labute approximate surface area is 52.8 Å². The normalized spacial score (nSPS) is 13.9. The second-order valence-electron chi connectivity index (χ2n) is 1.78. The molecular weight excluding hydrogens is 118 g/mol. The van der Waals surface area contributed by atoms with Gasteiger partial charge in [-0.25, -0.2) is 0 Å². The van der Waals surface area contributed by atoms with Gasteiger partial charge in [0.25, 0.3) is 0 Å². The third-order valence-electron chi connectivity index (χ3n) is 0.954. The lowest BCUT2D eigenvalue weighted by Crippen LogP contribution is -2.29. The SMILES string of the molecule is CCC[SiH](N)OCC. The fourth-order valence-corrected chi connectivity index (χ4v) is 1.75. The highest BCUT2D eigenvalue weighted by Crippen LogP contribution is 1.91. The van der Waals surface area contributed by atoms with E-state index in [2.05, 4.69) is 6.92 Å². The van der Waals surface area contributed by atoms with Crippen molar-refractivity contribution in [2.24, 2.45) is 5.40 Å². The zero-order valence-corrected chi connectivity index (χ0v) is 6.84. The van der Waals surface area contributed by atoms with Gasteiger partial charge in [-0.05, 0) is 13.0 Å². The van der Waals surface area contributed by atoms with Crippen molar-refractivity contribution in [1.29, 1.82) is 0 Å². The Morgan fingerprint density at radius 1 is 1.50 bits per heavy atom. The lowest BCUT2D eigenvalue weighted by Gasteiger charge is -2.05. The van der Waals surface area contributed by atoms with Crippen LogP contribution in [0.5, 0.6) is 0 Å². The Hall–Kier alpha value is 0.137. The van der Waals surface area contributed by atoms with Crippen molar-refractivity contribution in [3.05, 3.63) is 0 Å². The number of rotatable bonds is 4.